The van der Waals surface area contributed by atoms with Crippen molar-refractivity contribution < 1.29 is 14.3 Å². The molecule has 0 bridgehead atoms. The third kappa shape index (κ3) is 8.54. The average Bonchev–Trinajstić information content (AvgIpc) is 1.95. The van der Waals surface area contributed by atoms with E-state index >= 15 is 0 Å². The summed E-state index contributed by atoms with van der Waals surface area (Å²) in [5.41, 5.74) is -0.884. The summed E-state index contributed by atoms with van der Waals surface area (Å²) in [6, 6.07) is -0.621. The number of hydrogen-bond donors (Lipinski definition) is 2. The van der Waals surface area contributed by atoms with Gasteiger partial charge in [0.05, 0.1) is 0 Å². The molecule has 0 aromatic rings. The first-order valence-corrected chi connectivity index (χ1v) is 5.72. The topological polar surface area (TPSA) is 67.4 Å². The van der Waals surface area contributed by atoms with Gasteiger partial charge in [0.25, 0.3) is 0 Å². The van der Waals surface area contributed by atoms with Gasteiger partial charge in [-0.2, -0.15) is 0 Å². The van der Waals surface area contributed by atoms with Gasteiger partial charge in [0.1, 0.15) is 11.6 Å². The monoisotopic (exact) mass is 244 g/mol. The third-order valence-corrected chi connectivity index (χ3v) is 1.62. The van der Waals surface area contributed by atoms with Crippen LogP contribution in [-0.4, -0.2) is 29.2 Å². The van der Waals surface area contributed by atoms with Crippen molar-refractivity contribution in [2.45, 2.75) is 65.6 Å². The van der Waals surface area contributed by atoms with Gasteiger partial charge in [-0.1, -0.05) is 0 Å². The lowest BCUT2D eigenvalue weighted by Gasteiger charge is -2.25. The Hall–Kier alpha value is -1.26. The summed E-state index contributed by atoms with van der Waals surface area (Å²) in [4.78, 5) is 23.1. The Morgan fingerprint density at radius 2 is 1.53 bits per heavy atom. The molecule has 2 amide bonds. The summed E-state index contributed by atoms with van der Waals surface area (Å²) in [6.45, 7) is 12.6. The van der Waals surface area contributed by atoms with E-state index in [1.165, 1.54) is 0 Å². The minimum absolute atomic E-state index is 0.233. The third-order valence-electron chi connectivity index (χ3n) is 1.62. The Morgan fingerprint density at radius 3 is 1.88 bits per heavy atom. The number of ether oxygens (including phenoxy) is 1. The molecular weight excluding hydrogens is 220 g/mol. The molecule has 0 aliphatic heterocycles. The summed E-state index contributed by atoms with van der Waals surface area (Å²) >= 11 is 0. The normalized spacial score (nSPS) is 13.8. The predicted octanol–water partition coefficient (Wildman–Crippen LogP) is 1.81. The Bertz CT molecular complexity index is 287. The molecule has 5 nitrogen and oxygen atoms in total. The van der Waals surface area contributed by atoms with Crippen LogP contribution in [0.25, 0.3) is 0 Å². The van der Waals surface area contributed by atoms with E-state index in [9.17, 15) is 9.59 Å². The first-order chi connectivity index (χ1) is 7.41. The van der Waals surface area contributed by atoms with Crippen LogP contribution >= 0.6 is 0 Å². The van der Waals surface area contributed by atoms with E-state index in [1.54, 1.807) is 27.7 Å². The lowest BCUT2D eigenvalue weighted by Crippen LogP contribution is -2.51. The highest BCUT2D eigenvalue weighted by molar-refractivity contribution is 5.85. The highest BCUT2D eigenvalue weighted by atomic mass is 16.6. The summed E-state index contributed by atoms with van der Waals surface area (Å²) in [7, 11) is 0. The van der Waals surface area contributed by atoms with Gasteiger partial charge < -0.3 is 15.4 Å². The van der Waals surface area contributed by atoms with E-state index in [0.29, 0.717) is 0 Å². The molecule has 17 heavy (non-hydrogen) atoms. The van der Waals surface area contributed by atoms with Crippen molar-refractivity contribution in [1.82, 2.24) is 10.6 Å². The molecule has 0 aromatic heterocycles. The van der Waals surface area contributed by atoms with Crippen LogP contribution in [0.3, 0.4) is 0 Å². The van der Waals surface area contributed by atoms with Gasteiger partial charge in [-0.05, 0) is 48.5 Å². The Morgan fingerprint density at radius 1 is 1.06 bits per heavy atom. The van der Waals surface area contributed by atoms with Crippen molar-refractivity contribution in [2.75, 3.05) is 0 Å². The van der Waals surface area contributed by atoms with Crippen molar-refractivity contribution in [3.63, 3.8) is 0 Å². The molecule has 0 aliphatic carbocycles. The fourth-order valence-corrected chi connectivity index (χ4v) is 1.03. The first kappa shape index (κ1) is 15.7. The second-order valence-corrected chi connectivity index (χ2v) is 6.11. The van der Waals surface area contributed by atoms with Crippen LogP contribution in [0.15, 0.2) is 0 Å². The molecule has 2 N–H and O–H groups in total. The zero-order valence-electron chi connectivity index (χ0n) is 11.8. The van der Waals surface area contributed by atoms with Crippen molar-refractivity contribution in [1.29, 1.82) is 0 Å². The Labute approximate surface area is 103 Å². The lowest BCUT2D eigenvalue weighted by molar-refractivity contribution is -0.124. The maximum Gasteiger partial charge on any atom is 0.408 e. The van der Waals surface area contributed by atoms with Gasteiger partial charge in [0, 0.05) is 5.54 Å². The first-order valence-electron chi connectivity index (χ1n) is 5.72. The molecular formula is C12H24N2O3. The molecule has 1 atom stereocenters. The quantitative estimate of drug-likeness (QED) is 0.778. The second kappa shape index (κ2) is 5.38. The number of carbonyl (C=O) groups excluding carboxylic acids is 2. The highest BCUT2D eigenvalue weighted by Crippen LogP contribution is 2.07. The molecule has 0 aromatic carbocycles. The molecule has 0 spiro atoms. The van der Waals surface area contributed by atoms with Crippen molar-refractivity contribution in [2.24, 2.45) is 0 Å². The molecule has 0 fully saturated rings. The minimum Gasteiger partial charge on any atom is -0.444 e. The van der Waals surface area contributed by atoms with Gasteiger partial charge >= 0.3 is 6.09 Å². The summed E-state index contributed by atoms with van der Waals surface area (Å²) < 4.78 is 5.06. The van der Waals surface area contributed by atoms with Crippen LogP contribution in [0, 0.1) is 0 Å². The zero-order chi connectivity index (χ0) is 13.9. The minimum atomic E-state index is -0.621. The molecule has 0 saturated heterocycles. The van der Waals surface area contributed by atoms with E-state index in [4.69, 9.17) is 4.74 Å². The van der Waals surface area contributed by atoms with Crippen LogP contribution in [0.2, 0.25) is 0 Å². The molecule has 0 aliphatic rings. The maximum absolute atomic E-state index is 11.7. The van der Waals surface area contributed by atoms with Gasteiger partial charge in [-0.25, -0.2) is 4.79 Å². The van der Waals surface area contributed by atoms with E-state index in [2.05, 4.69) is 10.6 Å². The number of alkyl carbamates (subject to hydrolysis) is 1. The van der Waals surface area contributed by atoms with Gasteiger partial charge in [-0.15, -0.1) is 0 Å². The van der Waals surface area contributed by atoms with Crippen LogP contribution in [0.5, 0.6) is 0 Å². The number of hydrogen-bond acceptors (Lipinski definition) is 3. The number of amides is 2. The maximum atomic E-state index is 11.7. The smallest absolute Gasteiger partial charge is 0.408 e. The molecule has 100 valence electrons. The zero-order valence-corrected chi connectivity index (χ0v) is 11.8. The molecule has 0 saturated carbocycles. The largest absolute Gasteiger partial charge is 0.444 e. The number of nitrogens with one attached hydrogen (secondary N) is 2. The standard InChI is InChI=1S/C12H24N2O3/c1-8(9(15)14-11(2,3)4)13-10(16)17-12(5,6)7/h8H,1-7H3,(H,13,16)(H,14,15)/t8-/m1/s1. The van der Waals surface area contributed by atoms with E-state index in [-0.39, 0.29) is 11.4 Å². The number of rotatable bonds is 2. The number of carbonyl (C=O) groups is 2. The van der Waals surface area contributed by atoms with Crippen LogP contribution in [-0.2, 0) is 9.53 Å². The van der Waals surface area contributed by atoms with Gasteiger partial charge in [0.2, 0.25) is 5.91 Å². The second-order valence-electron chi connectivity index (χ2n) is 6.11. The SMILES string of the molecule is C[C@@H](NC(=O)OC(C)(C)C)C(=O)NC(C)(C)C. The van der Waals surface area contributed by atoms with Crippen LogP contribution in [0.1, 0.15) is 48.5 Å². The molecule has 0 radical (unpaired) electrons. The molecule has 0 rings (SSSR count). The fraction of sp³-hybridized carbons (Fsp3) is 0.833. The fourth-order valence-electron chi connectivity index (χ4n) is 1.03. The average molecular weight is 244 g/mol. The molecule has 0 unspecified atom stereocenters. The van der Waals surface area contributed by atoms with E-state index < -0.39 is 17.7 Å². The van der Waals surface area contributed by atoms with Crippen molar-refractivity contribution in [3.05, 3.63) is 0 Å². The Kier molecular flexibility index (Phi) is 4.98. The van der Waals surface area contributed by atoms with Crippen molar-refractivity contribution >= 4 is 12.0 Å². The molecule has 0 heterocycles. The van der Waals surface area contributed by atoms with E-state index in [1.807, 2.05) is 20.8 Å². The predicted molar refractivity (Wildman–Crippen MR) is 66.7 cm³/mol. The molecule has 5 heteroatoms. The summed E-state index contributed by atoms with van der Waals surface area (Å²) in [5.74, 6) is -0.233. The van der Waals surface area contributed by atoms with Gasteiger partial charge in [-0.3, -0.25) is 4.79 Å². The Balaban J connectivity index is 4.22. The lowest BCUT2D eigenvalue weighted by atomic mass is 10.1. The van der Waals surface area contributed by atoms with Gasteiger partial charge in [0.15, 0.2) is 0 Å². The van der Waals surface area contributed by atoms with E-state index in [0.717, 1.165) is 0 Å². The summed E-state index contributed by atoms with van der Waals surface area (Å²) in [5, 5.41) is 5.26. The van der Waals surface area contributed by atoms with Crippen LogP contribution in [0.4, 0.5) is 4.79 Å². The summed E-state index contributed by atoms with van der Waals surface area (Å²) in [6.07, 6.45) is -0.589. The van der Waals surface area contributed by atoms with Crippen LogP contribution < -0.4 is 10.6 Å². The van der Waals surface area contributed by atoms with Crippen molar-refractivity contribution in [3.8, 4) is 0 Å². The highest BCUT2D eigenvalue weighted by Gasteiger charge is 2.23.